The van der Waals surface area contributed by atoms with E-state index in [1.165, 1.54) is 0 Å². The number of aliphatic imine (C=N–C) groups is 3. The van der Waals surface area contributed by atoms with E-state index in [2.05, 4.69) is 170 Å². The summed E-state index contributed by atoms with van der Waals surface area (Å²) in [5.74, 6) is 2.71. The van der Waals surface area contributed by atoms with Crippen molar-refractivity contribution in [2.75, 3.05) is 39.3 Å². The molecule has 0 unspecified atom stereocenters. The maximum Gasteiger partial charge on any atom is 3.00 e. The molecule has 0 aromatic carbocycles. The van der Waals surface area contributed by atoms with Crippen LogP contribution in [-0.4, -0.2) is 108 Å². The van der Waals surface area contributed by atoms with Crippen molar-refractivity contribution >= 4 is 17.9 Å². The second kappa shape index (κ2) is 29.8. The van der Waals surface area contributed by atoms with Gasteiger partial charge in [0.15, 0.2) is 0 Å². The van der Waals surface area contributed by atoms with Crippen molar-refractivity contribution in [2.24, 2.45) is 15.0 Å². The van der Waals surface area contributed by atoms with Crippen LogP contribution in [0, 0.1) is 39.9 Å². The van der Waals surface area contributed by atoms with Crippen LogP contribution < -0.4 is 0 Å². The number of hydrogen-bond donors (Lipinski definition) is 0. The van der Waals surface area contributed by atoms with Crippen molar-refractivity contribution < 1.29 is 39.9 Å². The van der Waals surface area contributed by atoms with Gasteiger partial charge in [0.1, 0.15) is 0 Å². The Morgan fingerprint density at radius 1 is 0.395 bits per heavy atom. The molecule has 0 bridgehead atoms. The molecule has 0 amide bonds. The van der Waals surface area contributed by atoms with Gasteiger partial charge < -0.3 is 45.6 Å². The third kappa shape index (κ3) is 28.4. The first-order chi connectivity index (χ1) is 19.5. The first-order valence-electron chi connectivity index (χ1n) is 16.6. The van der Waals surface area contributed by atoms with Crippen LogP contribution in [0.5, 0.6) is 0 Å². The Morgan fingerprint density at radius 2 is 0.558 bits per heavy atom. The second-order valence-corrected chi connectivity index (χ2v) is 11.8. The summed E-state index contributed by atoms with van der Waals surface area (Å²) in [6, 6.07) is 1.88. The van der Waals surface area contributed by atoms with Crippen LogP contribution >= 0.6 is 0 Å². The van der Waals surface area contributed by atoms with Crippen molar-refractivity contribution in [3.8, 4) is 0 Å². The Morgan fingerprint density at radius 3 is 0.651 bits per heavy atom. The largest absolute Gasteiger partial charge is 3.00 e. The molecule has 0 saturated carbocycles. The molecule has 0 aliphatic carbocycles. The van der Waals surface area contributed by atoms with Crippen LogP contribution in [0.25, 0.3) is 16.0 Å². The Labute approximate surface area is 301 Å². The molecule has 0 N–H and O–H groups in total. The van der Waals surface area contributed by atoms with Crippen molar-refractivity contribution in [2.45, 2.75) is 161 Å². The van der Waals surface area contributed by atoms with Crippen LogP contribution in [0.3, 0.4) is 0 Å². The fraction of sp³-hybridized carbons (Fsp3) is 0.909. The normalized spacial score (nSPS) is 12.1. The molecule has 0 saturated heterocycles. The zero-order valence-electron chi connectivity index (χ0n) is 31.6. The Hall–Kier alpha value is -0.865. The predicted octanol–water partition coefficient (Wildman–Crippen LogP) is 8.62. The van der Waals surface area contributed by atoms with E-state index in [1.807, 2.05) is 0 Å². The van der Waals surface area contributed by atoms with Crippen LogP contribution in [0.2, 0.25) is 0 Å². The predicted molar refractivity (Wildman–Crippen MR) is 192 cm³/mol. The van der Waals surface area contributed by atoms with Crippen LogP contribution in [0.1, 0.15) is 125 Å². The van der Waals surface area contributed by atoms with Gasteiger partial charge in [0, 0.05) is 17.9 Å². The molecule has 10 heteroatoms. The van der Waals surface area contributed by atoms with Crippen molar-refractivity contribution in [3.05, 3.63) is 16.0 Å². The van der Waals surface area contributed by atoms with Crippen LogP contribution in [0.4, 0.5) is 0 Å². The number of hydrogen-bond acceptors (Lipinski definition) is 3. The van der Waals surface area contributed by atoms with Gasteiger partial charge in [0.25, 0.3) is 0 Å². The zero-order valence-corrected chi connectivity index (χ0v) is 33.9. The molecule has 43 heavy (non-hydrogen) atoms. The molecule has 0 aromatic rings. The minimum atomic E-state index is 0. The summed E-state index contributed by atoms with van der Waals surface area (Å²) in [5, 5.41) is 13.6. The van der Waals surface area contributed by atoms with Gasteiger partial charge in [-0.15, -0.1) is 0 Å². The average Bonchev–Trinajstić information content (AvgIpc) is 2.85. The van der Waals surface area contributed by atoms with E-state index in [0.717, 1.165) is 57.1 Å². The standard InChI is InChI=1S/3C11H24N3.Gd/c3*1-7-14(8-2)11(12-9(3)4)13-10(5)6;/h3*9-10H,7-8H2,1-6H3;/q3*-1;+3. The summed E-state index contributed by atoms with van der Waals surface area (Å²) in [5.41, 5.74) is 0. The van der Waals surface area contributed by atoms with Gasteiger partial charge in [-0.2, -0.15) is 0 Å². The van der Waals surface area contributed by atoms with Crippen molar-refractivity contribution in [1.29, 1.82) is 0 Å². The van der Waals surface area contributed by atoms with Crippen molar-refractivity contribution in [3.63, 3.8) is 0 Å². The third-order valence-electron chi connectivity index (χ3n) is 5.38. The molecule has 9 nitrogen and oxygen atoms in total. The molecule has 0 heterocycles. The second-order valence-electron chi connectivity index (χ2n) is 11.8. The minimum absolute atomic E-state index is 0. The van der Waals surface area contributed by atoms with Gasteiger partial charge in [0.2, 0.25) is 0 Å². The minimum Gasteiger partial charge on any atom is -0.427 e. The maximum atomic E-state index is 4.54. The molecule has 0 atom stereocenters. The van der Waals surface area contributed by atoms with Gasteiger partial charge >= 0.3 is 39.9 Å². The molecule has 257 valence electrons. The van der Waals surface area contributed by atoms with Crippen molar-refractivity contribution in [1.82, 2.24) is 14.7 Å². The first-order valence-corrected chi connectivity index (χ1v) is 16.6. The van der Waals surface area contributed by atoms with E-state index in [-0.39, 0.29) is 39.9 Å². The van der Waals surface area contributed by atoms with E-state index in [0.29, 0.717) is 36.3 Å². The Balaban J connectivity index is -0.000000262. The van der Waals surface area contributed by atoms with Gasteiger partial charge in [-0.1, -0.05) is 125 Å². The molecule has 0 fully saturated rings. The Bertz CT molecular complexity index is 610. The smallest absolute Gasteiger partial charge is 0.427 e. The average molecular weight is 752 g/mol. The van der Waals surface area contributed by atoms with Crippen LogP contribution in [-0.2, 0) is 0 Å². The molecule has 0 rings (SSSR count). The van der Waals surface area contributed by atoms with Gasteiger partial charge in [0.05, 0.1) is 0 Å². The summed E-state index contributed by atoms with van der Waals surface area (Å²) in [6.07, 6.45) is 0. The third-order valence-corrected chi connectivity index (χ3v) is 5.38. The quantitative estimate of drug-likeness (QED) is 0.148. The summed E-state index contributed by atoms with van der Waals surface area (Å²) in [7, 11) is 0. The Kier molecular flexibility index (Phi) is 34.0. The molecule has 0 aliphatic rings. The zero-order chi connectivity index (χ0) is 33.4. The molecular weight excluding hydrogens is 680 g/mol. The summed E-state index contributed by atoms with van der Waals surface area (Å²) >= 11 is 0. The monoisotopic (exact) mass is 753 g/mol. The van der Waals surface area contributed by atoms with E-state index < -0.39 is 0 Å². The first kappa shape index (κ1) is 49.0. The van der Waals surface area contributed by atoms with Gasteiger partial charge in [-0.3, -0.25) is 0 Å². The fourth-order valence-electron chi connectivity index (χ4n) is 3.49. The molecular formula is C33H72GdN9. The molecule has 0 aromatic heterocycles. The van der Waals surface area contributed by atoms with Crippen LogP contribution in [0.15, 0.2) is 15.0 Å². The SMILES string of the molecule is CCN(CC)C(=NC(C)C)[N-]C(C)C.CCN(CC)C(=NC(C)C)[N-]C(C)C.CCN(CC)C(=NC(C)C)[N-]C(C)C.[Gd+3]. The number of nitrogens with zero attached hydrogens (tertiary/aromatic N) is 9. The molecule has 1 radical (unpaired) electrons. The summed E-state index contributed by atoms with van der Waals surface area (Å²) in [4.78, 5) is 20.2. The van der Waals surface area contributed by atoms with E-state index in [1.54, 1.807) is 0 Å². The number of rotatable bonds is 12. The topological polar surface area (TPSA) is 89.1 Å². The van der Waals surface area contributed by atoms with Gasteiger partial charge in [-0.25, -0.2) is 0 Å². The van der Waals surface area contributed by atoms with E-state index in [4.69, 9.17) is 0 Å². The maximum absolute atomic E-state index is 4.54. The van der Waals surface area contributed by atoms with E-state index in [9.17, 15) is 0 Å². The fourth-order valence-corrected chi connectivity index (χ4v) is 3.49. The summed E-state index contributed by atoms with van der Waals surface area (Å²) < 4.78 is 0. The molecule has 0 aliphatic heterocycles. The number of guanidine groups is 3. The van der Waals surface area contributed by atoms with E-state index >= 15 is 0 Å². The summed E-state index contributed by atoms with van der Waals surface area (Å²) in [6.45, 7) is 43.6. The van der Waals surface area contributed by atoms with Gasteiger partial charge in [-0.05, 0) is 75.5 Å². The molecule has 0 spiro atoms.